The molecule has 4 nitrogen and oxygen atoms in total. The molecule has 0 aromatic heterocycles. The summed E-state index contributed by atoms with van der Waals surface area (Å²) in [5.74, 6) is 0. The van der Waals surface area contributed by atoms with Gasteiger partial charge in [0.05, 0.1) is 0 Å². The van der Waals surface area contributed by atoms with Crippen LogP contribution in [-0.2, 0) is 0 Å². The fourth-order valence-corrected chi connectivity index (χ4v) is 0.642. The van der Waals surface area contributed by atoms with Crippen molar-refractivity contribution in [3.05, 3.63) is 0 Å². The monoisotopic (exact) mass is 146 g/mol. The molecule has 0 spiro atoms. The Bertz CT molecular complexity index is 52.5. The minimum Gasteiger partial charge on any atom is -0.227 e. The normalized spacial score (nSPS) is 10.8. The second-order valence-corrected chi connectivity index (χ2v) is 1.87. The maximum Gasteiger partial charge on any atom is 0.0101 e. The van der Waals surface area contributed by atoms with E-state index >= 15 is 0 Å². The molecule has 62 valence electrons. The molecule has 0 rings (SSSR count). The van der Waals surface area contributed by atoms with Crippen LogP contribution in [0.5, 0.6) is 0 Å². The molecule has 0 atom stereocenters. The molecule has 0 amide bonds. The molecule has 0 bridgehead atoms. The van der Waals surface area contributed by atoms with Crippen LogP contribution in [0, 0.1) is 0 Å². The van der Waals surface area contributed by atoms with Crippen molar-refractivity contribution in [3.63, 3.8) is 0 Å². The first-order valence-electron chi connectivity index (χ1n) is 3.85. The number of rotatable bonds is 6. The minimum atomic E-state index is 0.917. The molecular weight excluding hydrogens is 128 g/mol. The highest BCUT2D eigenvalue weighted by Gasteiger charge is 1.94. The Morgan fingerprint density at radius 2 is 1.10 bits per heavy atom. The lowest BCUT2D eigenvalue weighted by molar-refractivity contribution is 0.0559. The Labute approximate surface area is 62.9 Å². The van der Waals surface area contributed by atoms with E-state index in [9.17, 15) is 0 Å². The van der Waals surface area contributed by atoms with E-state index in [4.69, 9.17) is 0 Å². The molecule has 0 heterocycles. The van der Waals surface area contributed by atoms with Gasteiger partial charge in [0.2, 0.25) is 0 Å². The van der Waals surface area contributed by atoms with Crippen molar-refractivity contribution in [2.45, 2.75) is 20.8 Å². The number of nitrogens with one attached hydrogen (secondary N) is 3. The van der Waals surface area contributed by atoms with Crippen LogP contribution in [0.2, 0.25) is 0 Å². The van der Waals surface area contributed by atoms with Gasteiger partial charge in [-0.2, -0.15) is 0 Å². The Hall–Kier alpha value is -0.160. The third-order valence-corrected chi connectivity index (χ3v) is 0.949. The molecular formula is C6H18N4. The first-order chi connectivity index (χ1) is 4.85. The maximum atomic E-state index is 3.10. The van der Waals surface area contributed by atoms with Gasteiger partial charge in [0.25, 0.3) is 0 Å². The first kappa shape index (κ1) is 9.84. The number of hydrogen-bond acceptors (Lipinski definition) is 4. The largest absolute Gasteiger partial charge is 0.227 e. The van der Waals surface area contributed by atoms with Crippen LogP contribution in [0.3, 0.4) is 0 Å². The summed E-state index contributed by atoms with van der Waals surface area (Å²) in [5, 5.41) is 1.79. The van der Waals surface area contributed by atoms with Crippen LogP contribution in [0.4, 0.5) is 0 Å². The fourth-order valence-electron chi connectivity index (χ4n) is 0.642. The van der Waals surface area contributed by atoms with Crippen molar-refractivity contribution in [2.75, 3.05) is 19.6 Å². The van der Waals surface area contributed by atoms with E-state index in [1.165, 1.54) is 0 Å². The molecule has 0 saturated carbocycles. The van der Waals surface area contributed by atoms with Gasteiger partial charge >= 0.3 is 0 Å². The minimum absolute atomic E-state index is 0.917. The zero-order valence-electron chi connectivity index (χ0n) is 7.07. The second-order valence-electron chi connectivity index (χ2n) is 1.87. The Kier molecular flexibility index (Phi) is 6.84. The molecule has 0 unspecified atom stereocenters. The number of hydrazine groups is 3. The Morgan fingerprint density at radius 1 is 0.800 bits per heavy atom. The fraction of sp³-hybridized carbons (Fsp3) is 1.00. The van der Waals surface area contributed by atoms with E-state index < -0.39 is 0 Å². The van der Waals surface area contributed by atoms with Gasteiger partial charge in [-0.15, -0.1) is 5.23 Å². The SMILES string of the molecule is CCNN(NCC)NCC. The molecule has 0 aliphatic rings. The van der Waals surface area contributed by atoms with Gasteiger partial charge in [-0.3, -0.25) is 0 Å². The summed E-state index contributed by atoms with van der Waals surface area (Å²) >= 11 is 0. The summed E-state index contributed by atoms with van der Waals surface area (Å²) in [6, 6.07) is 0. The van der Waals surface area contributed by atoms with Crippen molar-refractivity contribution < 1.29 is 0 Å². The standard InChI is InChI=1S/C6H18N4/c1-4-7-10(8-5-2)9-6-3/h7-9H,4-6H2,1-3H3. The van der Waals surface area contributed by atoms with Gasteiger partial charge in [0.1, 0.15) is 0 Å². The third kappa shape index (κ3) is 4.69. The highest BCUT2D eigenvalue weighted by Crippen LogP contribution is 1.66. The average Bonchev–Trinajstić information content (AvgIpc) is 1.90. The lowest BCUT2D eigenvalue weighted by atomic mass is 10.8. The summed E-state index contributed by atoms with van der Waals surface area (Å²) in [7, 11) is 0. The van der Waals surface area contributed by atoms with Gasteiger partial charge in [0.15, 0.2) is 0 Å². The van der Waals surface area contributed by atoms with E-state index in [2.05, 4.69) is 37.0 Å². The van der Waals surface area contributed by atoms with Crippen molar-refractivity contribution >= 4 is 0 Å². The molecule has 0 saturated heterocycles. The predicted octanol–water partition coefficient (Wildman–Crippen LogP) is -0.138. The van der Waals surface area contributed by atoms with E-state index in [1.54, 1.807) is 5.23 Å². The molecule has 4 heteroatoms. The molecule has 10 heavy (non-hydrogen) atoms. The summed E-state index contributed by atoms with van der Waals surface area (Å²) < 4.78 is 0. The van der Waals surface area contributed by atoms with E-state index in [0.29, 0.717) is 0 Å². The molecule has 3 N–H and O–H groups in total. The van der Waals surface area contributed by atoms with Crippen molar-refractivity contribution in [1.82, 2.24) is 21.5 Å². The van der Waals surface area contributed by atoms with E-state index in [0.717, 1.165) is 19.6 Å². The summed E-state index contributed by atoms with van der Waals surface area (Å²) in [5.41, 5.74) is 9.29. The Balaban J connectivity index is 3.30. The van der Waals surface area contributed by atoms with Gasteiger partial charge in [-0.25, -0.2) is 16.3 Å². The lowest BCUT2D eigenvalue weighted by Crippen LogP contribution is -2.55. The molecule has 0 aliphatic carbocycles. The van der Waals surface area contributed by atoms with Crippen LogP contribution in [0.1, 0.15) is 20.8 Å². The molecule has 0 fully saturated rings. The van der Waals surface area contributed by atoms with Crippen LogP contribution < -0.4 is 16.3 Å². The van der Waals surface area contributed by atoms with Crippen LogP contribution in [0.15, 0.2) is 0 Å². The molecule has 0 aromatic carbocycles. The molecule has 0 aliphatic heterocycles. The third-order valence-electron chi connectivity index (χ3n) is 0.949. The first-order valence-corrected chi connectivity index (χ1v) is 3.85. The average molecular weight is 146 g/mol. The summed E-state index contributed by atoms with van der Waals surface area (Å²) in [6.07, 6.45) is 0. The lowest BCUT2D eigenvalue weighted by Gasteiger charge is -2.22. The van der Waals surface area contributed by atoms with Gasteiger partial charge in [-0.05, 0) is 0 Å². The zero-order chi connectivity index (χ0) is 7.82. The molecule has 0 radical (unpaired) electrons. The maximum absolute atomic E-state index is 3.10. The van der Waals surface area contributed by atoms with Gasteiger partial charge < -0.3 is 0 Å². The van der Waals surface area contributed by atoms with Crippen molar-refractivity contribution in [2.24, 2.45) is 0 Å². The summed E-state index contributed by atoms with van der Waals surface area (Å²) in [4.78, 5) is 0. The van der Waals surface area contributed by atoms with Crippen LogP contribution in [-0.4, -0.2) is 24.9 Å². The smallest absolute Gasteiger partial charge is 0.0101 e. The van der Waals surface area contributed by atoms with E-state index in [-0.39, 0.29) is 0 Å². The highest BCUT2D eigenvalue weighted by atomic mass is 15.9. The van der Waals surface area contributed by atoms with Crippen molar-refractivity contribution in [3.8, 4) is 0 Å². The zero-order valence-corrected chi connectivity index (χ0v) is 7.07. The highest BCUT2D eigenvalue weighted by molar-refractivity contribution is 4.34. The van der Waals surface area contributed by atoms with Crippen LogP contribution in [0.25, 0.3) is 0 Å². The predicted molar refractivity (Wildman–Crippen MR) is 42.9 cm³/mol. The topological polar surface area (TPSA) is 39.3 Å². The quantitative estimate of drug-likeness (QED) is 0.456. The van der Waals surface area contributed by atoms with Gasteiger partial charge in [-0.1, -0.05) is 20.8 Å². The van der Waals surface area contributed by atoms with Crippen molar-refractivity contribution in [1.29, 1.82) is 0 Å². The molecule has 0 aromatic rings. The van der Waals surface area contributed by atoms with Crippen LogP contribution >= 0.6 is 0 Å². The number of nitrogens with zero attached hydrogens (tertiary/aromatic N) is 1. The summed E-state index contributed by atoms with van der Waals surface area (Å²) in [6.45, 7) is 8.92. The number of hydrogen-bond donors (Lipinski definition) is 3. The van der Waals surface area contributed by atoms with Gasteiger partial charge in [0, 0.05) is 19.6 Å². The van der Waals surface area contributed by atoms with E-state index in [1.807, 2.05) is 0 Å². The Morgan fingerprint density at radius 3 is 1.30 bits per heavy atom. The second kappa shape index (κ2) is 6.95.